The number of benzene rings is 2. The third-order valence-electron chi connectivity index (χ3n) is 10.9. The summed E-state index contributed by atoms with van der Waals surface area (Å²) in [7, 11) is -3.92. The maximum Gasteiger partial charge on any atom is 0.338 e. The smallest absolute Gasteiger partial charge is 0.338 e. The van der Waals surface area contributed by atoms with E-state index in [0.717, 1.165) is 37.7 Å². The number of esters is 1. The molecular weight excluding hydrogens is 538 g/mol. The molecule has 2 aliphatic carbocycles. The molecule has 41 heavy (non-hydrogen) atoms. The number of hydrogen-bond acceptors (Lipinski definition) is 6. The summed E-state index contributed by atoms with van der Waals surface area (Å²) in [6, 6.07) is 15.9. The molecule has 2 aromatic rings. The molecule has 4 fully saturated rings. The Balaban J connectivity index is 1.18. The van der Waals surface area contributed by atoms with Crippen LogP contribution in [-0.2, 0) is 23.8 Å². The molecule has 8 heteroatoms. The minimum atomic E-state index is -3.92. The minimum absolute atomic E-state index is 0.0923. The normalized spacial score (nSPS) is 35.1. The Morgan fingerprint density at radius 3 is 2.37 bits per heavy atom. The zero-order chi connectivity index (χ0) is 29.0. The van der Waals surface area contributed by atoms with Crippen molar-refractivity contribution in [2.45, 2.75) is 94.8 Å². The van der Waals surface area contributed by atoms with E-state index in [2.05, 4.69) is 13.8 Å². The molecule has 0 N–H and O–H groups in total. The fraction of sp³-hybridized carbons (Fsp3) is 0.576. The van der Waals surface area contributed by atoms with Crippen molar-refractivity contribution < 1.29 is 26.9 Å². The van der Waals surface area contributed by atoms with Crippen LogP contribution in [0, 0.1) is 30.1 Å². The Bertz CT molecular complexity index is 1410. The van der Waals surface area contributed by atoms with Crippen LogP contribution in [0.2, 0.25) is 0 Å². The molecule has 2 saturated carbocycles. The number of carbonyl (C=O) groups is 2. The van der Waals surface area contributed by atoms with E-state index in [1.807, 2.05) is 30.0 Å². The minimum Gasteiger partial charge on any atom is -0.458 e. The number of hydrogen-bond donors (Lipinski definition) is 0. The molecular formula is C33H41NO6S. The molecule has 220 valence electrons. The quantitative estimate of drug-likeness (QED) is 0.323. The van der Waals surface area contributed by atoms with Crippen LogP contribution in [0.4, 0.5) is 0 Å². The van der Waals surface area contributed by atoms with E-state index in [4.69, 9.17) is 8.92 Å². The van der Waals surface area contributed by atoms with Crippen LogP contribution >= 0.6 is 0 Å². The van der Waals surface area contributed by atoms with Crippen molar-refractivity contribution in [3.63, 3.8) is 0 Å². The zero-order valence-electron chi connectivity index (χ0n) is 24.3. The van der Waals surface area contributed by atoms with Gasteiger partial charge in [-0.05, 0) is 101 Å². The highest BCUT2D eigenvalue weighted by Crippen LogP contribution is 2.62. The molecule has 2 saturated heterocycles. The van der Waals surface area contributed by atoms with Gasteiger partial charge in [-0.25, -0.2) is 4.79 Å². The van der Waals surface area contributed by atoms with Crippen LogP contribution in [0.25, 0.3) is 0 Å². The average molecular weight is 580 g/mol. The van der Waals surface area contributed by atoms with Crippen LogP contribution in [0.15, 0.2) is 59.5 Å². The third-order valence-corrected chi connectivity index (χ3v) is 12.3. The molecule has 0 spiro atoms. The fourth-order valence-corrected chi connectivity index (χ4v) is 9.78. The Morgan fingerprint density at radius 2 is 1.63 bits per heavy atom. The summed E-state index contributed by atoms with van der Waals surface area (Å²) in [6.07, 6.45) is 5.65. The van der Waals surface area contributed by atoms with Gasteiger partial charge in [0.2, 0.25) is 5.91 Å². The molecule has 2 aliphatic heterocycles. The van der Waals surface area contributed by atoms with Crippen LogP contribution < -0.4 is 0 Å². The highest BCUT2D eigenvalue weighted by atomic mass is 32.2. The molecule has 0 unspecified atom stereocenters. The number of amides is 1. The monoisotopic (exact) mass is 579 g/mol. The summed E-state index contributed by atoms with van der Waals surface area (Å²) in [5.41, 5.74) is 1.11. The van der Waals surface area contributed by atoms with E-state index in [0.29, 0.717) is 49.1 Å². The SMILES string of the molecule is Cc1ccc(S(=O)(=O)O[C@@H]2CC[C@]3(C)[C@H]4CC[C@]5(C)[C@@H](OC(=O)c6ccccc6)CC[C@H]5[C@@H]4CCC(=O)N3C2)cc1. The van der Waals surface area contributed by atoms with E-state index in [1.165, 1.54) is 0 Å². The molecule has 6 rings (SSSR count). The number of carbonyl (C=O) groups excluding carboxylic acids is 2. The van der Waals surface area contributed by atoms with Gasteiger partial charge in [0.25, 0.3) is 10.1 Å². The lowest BCUT2D eigenvalue weighted by Crippen LogP contribution is -2.62. The van der Waals surface area contributed by atoms with Crippen LogP contribution in [0.1, 0.15) is 81.1 Å². The van der Waals surface area contributed by atoms with Gasteiger partial charge in [-0.15, -0.1) is 0 Å². The molecule has 2 aromatic carbocycles. The van der Waals surface area contributed by atoms with Gasteiger partial charge in [-0.3, -0.25) is 8.98 Å². The summed E-state index contributed by atoms with van der Waals surface area (Å²) in [5.74, 6) is 0.907. The number of nitrogens with zero attached hydrogens (tertiary/aromatic N) is 1. The maximum atomic E-state index is 13.6. The molecule has 1 amide bonds. The van der Waals surface area contributed by atoms with Gasteiger partial charge in [-0.1, -0.05) is 42.8 Å². The summed E-state index contributed by atoms with van der Waals surface area (Å²) in [6.45, 7) is 6.71. The van der Waals surface area contributed by atoms with Crippen molar-refractivity contribution >= 4 is 22.0 Å². The van der Waals surface area contributed by atoms with Gasteiger partial charge in [0, 0.05) is 23.9 Å². The predicted octanol–water partition coefficient (Wildman–Crippen LogP) is 5.91. The first-order valence-corrected chi connectivity index (χ1v) is 16.5. The number of aryl methyl sites for hydroxylation is 1. The van der Waals surface area contributed by atoms with Crippen molar-refractivity contribution in [3.05, 3.63) is 65.7 Å². The Kier molecular flexibility index (Phi) is 7.30. The van der Waals surface area contributed by atoms with Crippen molar-refractivity contribution in [3.8, 4) is 0 Å². The van der Waals surface area contributed by atoms with Crippen molar-refractivity contribution in [1.82, 2.24) is 4.90 Å². The Morgan fingerprint density at radius 1 is 0.902 bits per heavy atom. The van der Waals surface area contributed by atoms with Gasteiger partial charge >= 0.3 is 5.97 Å². The van der Waals surface area contributed by atoms with Crippen molar-refractivity contribution in [1.29, 1.82) is 0 Å². The van der Waals surface area contributed by atoms with E-state index in [-0.39, 0.29) is 33.8 Å². The summed E-state index contributed by atoms with van der Waals surface area (Å²) in [5, 5.41) is 0. The second-order valence-corrected chi connectivity index (χ2v) is 14.8. The van der Waals surface area contributed by atoms with E-state index in [9.17, 15) is 18.0 Å². The number of rotatable bonds is 5. The second-order valence-electron chi connectivity index (χ2n) is 13.2. The lowest BCUT2D eigenvalue weighted by atomic mass is 9.54. The first kappa shape index (κ1) is 28.4. The Hall–Kier alpha value is -2.71. The fourth-order valence-electron chi connectivity index (χ4n) is 8.69. The van der Waals surface area contributed by atoms with Crippen LogP contribution in [0.5, 0.6) is 0 Å². The predicted molar refractivity (Wildman–Crippen MR) is 155 cm³/mol. The molecule has 0 radical (unpaired) electrons. The molecule has 7 nitrogen and oxygen atoms in total. The topological polar surface area (TPSA) is 90.0 Å². The highest BCUT2D eigenvalue weighted by molar-refractivity contribution is 7.86. The Labute approximate surface area is 243 Å². The average Bonchev–Trinajstić information content (AvgIpc) is 3.23. The number of ether oxygens (including phenoxy) is 1. The summed E-state index contributed by atoms with van der Waals surface area (Å²) >= 11 is 0. The largest absolute Gasteiger partial charge is 0.458 e. The lowest BCUT2D eigenvalue weighted by Gasteiger charge is -2.56. The maximum absolute atomic E-state index is 13.6. The van der Waals surface area contributed by atoms with Gasteiger partial charge < -0.3 is 9.64 Å². The van der Waals surface area contributed by atoms with Gasteiger partial charge in [-0.2, -0.15) is 8.42 Å². The molecule has 7 atom stereocenters. The molecule has 4 aliphatic rings. The molecule has 0 bridgehead atoms. The zero-order valence-corrected chi connectivity index (χ0v) is 25.1. The third kappa shape index (κ3) is 5.01. The van der Waals surface area contributed by atoms with Crippen LogP contribution in [-0.4, -0.2) is 49.5 Å². The first-order chi connectivity index (χ1) is 19.5. The van der Waals surface area contributed by atoms with E-state index >= 15 is 0 Å². The van der Waals surface area contributed by atoms with E-state index < -0.39 is 16.2 Å². The van der Waals surface area contributed by atoms with Crippen molar-refractivity contribution in [2.75, 3.05) is 6.54 Å². The molecule has 0 aromatic heterocycles. The number of piperidine rings is 1. The van der Waals surface area contributed by atoms with Gasteiger partial charge in [0.1, 0.15) is 6.10 Å². The summed E-state index contributed by atoms with van der Waals surface area (Å²) in [4.78, 5) is 28.7. The van der Waals surface area contributed by atoms with Gasteiger partial charge in [0.05, 0.1) is 16.6 Å². The summed E-state index contributed by atoms with van der Waals surface area (Å²) < 4.78 is 37.9. The van der Waals surface area contributed by atoms with Crippen LogP contribution in [0.3, 0.4) is 0 Å². The number of fused-ring (bicyclic) bond motifs is 5. The molecule has 2 heterocycles. The van der Waals surface area contributed by atoms with E-state index in [1.54, 1.807) is 36.4 Å². The van der Waals surface area contributed by atoms with Crippen molar-refractivity contribution in [2.24, 2.45) is 23.2 Å². The lowest BCUT2D eigenvalue weighted by molar-refractivity contribution is -0.147. The standard InChI is InChI=1S/C33H41NO6S/c1-22-9-11-25(12-10-22)41(37,38)40-24-17-20-33(3)28-18-19-32(2)27(26(28)13-16-30(35)34(33)21-24)14-15-29(32)39-31(36)23-7-5-4-6-8-23/h4-12,24,26-29H,13-21H2,1-3H3/t24-,26+,27+,28+,29+,32+,33-/m1/s1. The van der Waals surface area contributed by atoms with Gasteiger partial charge in [0.15, 0.2) is 0 Å². The first-order valence-electron chi connectivity index (χ1n) is 15.1. The second kappa shape index (κ2) is 10.5. The highest BCUT2D eigenvalue weighted by Gasteiger charge is 2.61.